The fraction of sp³-hybridized carbons (Fsp3) is 0.467. The molecule has 0 amide bonds. The van der Waals surface area contributed by atoms with E-state index < -0.39 is 0 Å². The molecule has 0 unspecified atom stereocenters. The maximum atomic E-state index is 2.33. The zero-order chi connectivity index (χ0) is 12.2. The summed E-state index contributed by atoms with van der Waals surface area (Å²) in [6, 6.07) is 8.99. The van der Waals surface area contributed by atoms with Gasteiger partial charge in [0.25, 0.3) is 0 Å². The van der Waals surface area contributed by atoms with Gasteiger partial charge >= 0.3 is 0 Å². The lowest BCUT2D eigenvalue weighted by molar-refractivity contribution is 0.421. The van der Waals surface area contributed by atoms with Gasteiger partial charge < -0.3 is 0 Å². The summed E-state index contributed by atoms with van der Waals surface area (Å²) in [6.07, 6.45) is 5.64. The monoisotopic (exact) mass is 231 g/mol. The average Bonchev–Trinajstić information content (AvgIpc) is 2.16. The van der Waals surface area contributed by atoms with Gasteiger partial charge in [0, 0.05) is 0 Å². The predicted octanol–water partition coefficient (Wildman–Crippen LogP) is 4.10. The van der Waals surface area contributed by atoms with Gasteiger partial charge in [0.1, 0.15) is 0 Å². The van der Waals surface area contributed by atoms with Crippen LogP contribution in [0.1, 0.15) is 32.8 Å². The highest BCUT2D eigenvalue weighted by Crippen LogP contribution is 2.19. The minimum Gasteiger partial charge on any atom is -0.0834 e. The van der Waals surface area contributed by atoms with E-state index in [1.807, 2.05) is 0 Å². The van der Waals surface area contributed by atoms with Crippen molar-refractivity contribution in [3.8, 4) is 0 Å². The minimum atomic E-state index is -0.296. The smallest absolute Gasteiger partial charge is 0.0791 e. The maximum Gasteiger partial charge on any atom is 0.0791 e. The third-order valence-corrected chi connectivity index (χ3v) is 4.02. The van der Waals surface area contributed by atoms with Crippen molar-refractivity contribution in [3.05, 3.63) is 35.9 Å². The van der Waals surface area contributed by atoms with Crippen LogP contribution in [-0.2, 0) is 0 Å². The summed E-state index contributed by atoms with van der Waals surface area (Å²) in [4.78, 5) is 0. The van der Waals surface area contributed by atoms with E-state index in [9.17, 15) is 0 Å². The van der Waals surface area contributed by atoms with Crippen molar-refractivity contribution in [2.45, 2.75) is 40.3 Å². The van der Waals surface area contributed by atoms with Gasteiger partial charge in [-0.05, 0) is 17.4 Å². The fourth-order valence-corrected chi connectivity index (χ4v) is 2.31. The third-order valence-electron chi connectivity index (χ3n) is 2.53. The lowest BCUT2D eigenvalue weighted by Crippen LogP contribution is -2.21. The van der Waals surface area contributed by atoms with Crippen LogP contribution in [-0.4, -0.2) is 8.80 Å². The molecule has 0 N–H and O–H groups in total. The van der Waals surface area contributed by atoms with Crippen molar-refractivity contribution in [1.82, 2.24) is 0 Å². The molecule has 0 saturated carbocycles. The van der Waals surface area contributed by atoms with E-state index in [1.54, 1.807) is 0 Å². The van der Waals surface area contributed by atoms with E-state index in [0.717, 1.165) is 6.42 Å². The highest BCUT2D eigenvalue weighted by atomic mass is 28.3. The Morgan fingerprint density at radius 1 is 1.06 bits per heavy atom. The van der Waals surface area contributed by atoms with Crippen molar-refractivity contribution in [1.29, 1.82) is 0 Å². The summed E-state index contributed by atoms with van der Waals surface area (Å²) in [7, 11) is -0.296. The first-order valence-corrected chi connectivity index (χ1v) is 8.46. The van der Waals surface area contributed by atoms with Gasteiger partial charge in [0.05, 0.1) is 8.80 Å². The Balaban J connectivity index is 2.62. The van der Waals surface area contributed by atoms with Gasteiger partial charge in [-0.3, -0.25) is 0 Å². The molecule has 0 bridgehead atoms. The van der Waals surface area contributed by atoms with Crippen LogP contribution in [0.5, 0.6) is 0 Å². The van der Waals surface area contributed by atoms with Crippen molar-refractivity contribution in [2.75, 3.05) is 0 Å². The lowest BCUT2D eigenvalue weighted by Gasteiger charge is -2.14. The van der Waals surface area contributed by atoms with Crippen LogP contribution in [0, 0.1) is 5.41 Å². The zero-order valence-corrected chi connectivity index (χ0v) is 12.2. The molecule has 0 aliphatic heterocycles. The largest absolute Gasteiger partial charge is 0.0834 e. The van der Waals surface area contributed by atoms with E-state index >= 15 is 0 Å². The van der Waals surface area contributed by atoms with Crippen LogP contribution in [0.25, 0.3) is 6.08 Å². The molecule has 0 nitrogen and oxygen atoms in total. The summed E-state index contributed by atoms with van der Waals surface area (Å²) < 4.78 is 0. The molecule has 1 aromatic rings. The summed E-state index contributed by atoms with van der Waals surface area (Å²) in [6.45, 7) is 11.5. The average molecular weight is 231 g/mol. The van der Waals surface area contributed by atoms with Crippen molar-refractivity contribution < 1.29 is 0 Å². The lowest BCUT2D eigenvalue weighted by atomic mass is 9.92. The second-order valence-corrected chi connectivity index (χ2v) is 8.37. The molecule has 0 aliphatic rings. The first-order valence-electron chi connectivity index (χ1n) is 5.96. The Hall–Kier alpha value is -0.823. The molecule has 0 heterocycles. The summed E-state index contributed by atoms with van der Waals surface area (Å²) in [5.41, 5.74) is 1.70. The van der Waals surface area contributed by atoms with E-state index in [0.29, 0.717) is 5.41 Å². The standard InChI is InChI=1S/C15H23Si/c1-15(2,3)12-6-7-13-8-10-14(11-9-13)16(4)5/h6-11H,12H2,1-5H3/b7-6+. The molecule has 1 radical (unpaired) electrons. The van der Waals surface area contributed by atoms with E-state index in [2.05, 4.69) is 70.3 Å². The topological polar surface area (TPSA) is 0 Å². The van der Waals surface area contributed by atoms with Crippen molar-refractivity contribution in [2.24, 2.45) is 5.41 Å². The Morgan fingerprint density at radius 3 is 2.06 bits per heavy atom. The molecular formula is C15H23Si. The third kappa shape index (κ3) is 4.80. The van der Waals surface area contributed by atoms with Crippen LogP contribution >= 0.6 is 0 Å². The van der Waals surface area contributed by atoms with E-state index in [-0.39, 0.29) is 8.80 Å². The number of allylic oxidation sites excluding steroid dienone is 1. The first kappa shape index (κ1) is 13.2. The normalized spacial score (nSPS) is 12.6. The van der Waals surface area contributed by atoms with Crippen LogP contribution < -0.4 is 5.19 Å². The second kappa shape index (κ2) is 5.49. The molecule has 0 saturated heterocycles. The molecule has 16 heavy (non-hydrogen) atoms. The van der Waals surface area contributed by atoms with Crippen LogP contribution in [0.4, 0.5) is 0 Å². The summed E-state index contributed by atoms with van der Waals surface area (Å²) in [5.74, 6) is 0. The van der Waals surface area contributed by atoms with E-state index in [1.165, 1.54) is 10.8 Å². The van der Waals surface area contributed by atoms with Gasteiger partial charge in [-0.1, -0.05) is 75.5 Å². The molecule has 0 aromatic heterocycles. The molecule has 87 valence electrons. The van der Waals surface area contributed by atoms with Gasteiger partial charge in [0.2, 0.25) is 0 Å². The Kier molecular flexibility index (Phi) is 4.54. The number of benzene rings is 1. The molecule has 0 fully saturated rings. The molecule has 1 rings (SSSR count). The van der Waals surface area contributed by atoms with Crippen molar-refractivity contribution in [3.63, 3.8) is 0 Å². The van der Waals surface area contributed by atoms with Gasteiger partial charge in [0.15, 0.2) is 0 Å². The number of hydrogen-bond donors (Lipinski definition) is 0. The SMILES string of the molecule is C[Si](C)c1ccc(/C=C/CC(C)(C)C)cc1. The van der Waals surface area contributed by atoms with Crippen molar-refractivity contribution >= 4 is 20.1 Å². The Morgan fingerprint density at radius 2 is 1.62 bits per heavy atom. The second-order valence-electron chi connectivity index (χ2n) is 5.79. The van der Waals surface area contributed by atoms with Gasteiger partial charge in [-0.15, -0.1) is 0 Å². The summed E-state index contributed by atoms with van der Waals surface area (Å²) in [5, 5.41) is 1.51. The van der Waals surface area contributed by atoms with Crippen LogP contribution in [0.15, 0.2) is 30.3 Å². The number of rotatable bonds is 3. The van der Waals surface area contributed by atoms with Gasteiger partial charge in [-0.2, -0.15) is 0 Å². The zero-order valence-electron chi connectivity index (χ0n) is 11.2. The summed E-state index contributed by atoms with van der Waals surface area (Å²) >= 11 is 0. The Labute approximate surface area is 102 Å². The fourth-order valence-electron chi connectivity index (χ4n) is 1.48. The van der Waals surface area contributed by atoms with Gasteiger partial charge in [-0.25, -0.2) is 0 Å². The molecule has 0 aliphatic carbocycles. The molecule has 1 aromatic carbocycles. The highest BCUT2D eigenvalue weighted by molar-refractivity contribution is 6.70. The molecule has 1 heteroatoms. The quantitative estimate of drug-likeness (QED) is 0.687. The van der Waals surface area contributed by atoms with E-state index in [4.69, 9.17) is 0 Å². The van der Waals surface area contributed by atoms with Crippen LogP contribution in [0.3, 0.4) is 0 Å². The minimum absolute atomic E-state index is 0.296. The predicted molar refractivity (Wildman–Crippen MR) is 76.7 cm³/mol. The van der Waals surface area contributed by atoms with Crippen LogP contribution in [0.2, 0.25) is 13.1 Å². The molecule has 0 spiro atoms. The highest BCUT2D eigenvalue weighted by Gasteiger charge is 2.06. The Bertz CT molecular complexity index is 339. The maximum absolute atomic E-state index is 2.33. The molecular weight excluding hydrogens is 208 g/mol. The first-order chi connectivity index (χ1) is 7.38. The molecule has 0 atom stereocenters. The number of hydrogen-bond acceptors (Lipinski definition) is 0.